The molecule has 27 nitrogen and oxygen atoms in total. The van der Waals surface area contributed by atoms with Crippen LogP contribution in [0.5, 0.6) is 11.5 Å². The average molecular weight is 1950 g/mol. The third kappa shape index (κ3) is 33.6. The Bertz CT molecular complexity index is 4420. The Morgan fingerprint density at radius 1 is 0.439 bits per heavy atom. The van der Waals surface area contributed by atoms with Crippen LogP contribution in [0.4, 0.5) is 8.78 Å². The molecule has 1 unspecified atom stereocenters. The maximum absolute atomic E-state index is 17.1. The van der Waals surface area contributed by atoms with Gasteiger partial charge >= 0.3 is 11.9 Å². The molecule has 9 rings (SSSR count). The van der Waals surface area contributed by atoms with Crippen molar-refractivity contribution in [1.29, 1.82) is 0 Å². The van der Waals surface area contributed by atoms with Crippen molar-refractivity contribution in [2.45, 2.75) is 361 Å². The standard InChI is InChI=1S/C51H78FNO12.C51H78FNO11.C8H10O2/c1-30-16-12-11-13-17-31(2)42(61-8)28-38-21-19-36(7)51(52,65-38)48(58)49(59)53-23-15-14-18-39(53)50(60)64-43(33(4)26-37-20-22-40(54)44(27-37)62-9)29-41(55)32(3)25-35(6)46(57)47(63-10)45(56)34(5)24-30;1-30-16-12-11-13-17-31(2)32(3)27-39-21-19-37(8)51(52,64-39)48(58)49(59)53-23-15-14-18-40(53)50(60)63-43(34(5)26-38-20-22-41(54)44(28-38)61-9)29-42(55)33(4)25-36(7)46(57)47(62-10)45(56)35(6)24-30;1-9-7-4-3-5-8(6-7)10-2/h11-13,16-17,25,30,32-34,36-40,42-44,46-47,54,57H,14-15,18-24,26-29H2,1-10H3;11-13,16-17,25,30,32-35,37-41,43-44,46-47,54,57H,14-15,18-24,26-29H2,1-10H3;3-6H,1-2H3/b13-11?,16-12+,31-17?,35-25+;13-11+,16-12+,31-17+,36-25+;/t30-,32-,33-,34-,36-,37+,38+,39+,40-,42+,43?,44-,46-,47+,51-;30-,32+,33-,34-,35-,37-,38+,39+,40+,41-,43+,44-,46-,47+,51-;/m11./s1. The summed E-state index contributed by atoms with van der Waals surface area (Å²) >= 11 is 0. The summed E-state index contributed by atoms with van der Waals surface area (Å²) in [7, 11) is 10.7. The lowest BCUT2D eigenvalue weighted by Gasteiger charge is -2.41. The zero-order chi connectivity index (χ0) is 103. The number of carbonyl (C=O) groups is 10. The Labute approximate surface area is 825 Å². The number of piperidine rings is 2. The number of cyclic esters (lactones) is 2. The lowest BCUT2D eigenvalue weighted by Crippen LogP contribution is -2.59. The first-order valence-electron chi connectivity index (χ1n) is 50.8. The number of Topliss-reactive ketones (excluding diaryl/α,β-unsaturated/α-hetero) is 6. The van der Waals surface area contributed by atoms with Crippen molar-refractivity contribution in [3.8, 4) is 11.5 Å². The molecule has 1 aromatic rings. The summed E-state index contributed by atoms with van der Waals surface area (Å²) in [4.78, 5) is 143. The fourth-order valence-corrected chi connectivity index (χ4v) is 20.8. The van der Waals surface area contributed by atoms with Crippen molar-refractivity contribution in [3.63, 3.8) is 0 Å². The topological polar surface area (TPSA) is 360 Å². The van der Waals surface area contributed by atoms with Gasteiger partial charge in [-0.15, -0.1) is 0 Å². The first kappa shape index (κ1) is 118. The molecule has 6 aliphatic heterocycles. The molecule has 0 aromatic heterocycles. The van der Waals surface area contributed by atoms with Gasteiger partial charge in [0.2, 0.25) is 0 Å². The summed E-state index contributed by atoms with van der Waals surface area (Å²) < 4.78 is 96.3. The maximum atomic E-state index is 17.1. The molecule has 2 saturated carbocycles. The highest BCUT2D eigenvalue weighted by atomic mass is 19.2. The molecule has 6 heterocycles. The Morgan fingerprint density at radius 2 is 0.835 bits per heavy atom. The Morgan fingerprint density at radius 3 is 1.22 bits per heavy atom. The molecule has 139 heavy (non-hydrogen) atoms. The van der Waals surface area contributed by atoms with Crippen LogP contribution < -0.4 is 9.47 Å². The van der Waals surface area contributed by atoms with Crippen molar-refractivity contribution in [2.75, 3.05) is 62.9 Å². The molecule has 2 amide bonds. The van der Waals surface area contributed by atoms with Gasteiger partial charge < -0.3 is 82.3 Å². The Balaban J connectivity index is 0.000000343. The van der Waals surface area contributed by atoms with E-state index >= 15 is 8.78 Å². The fourth-order valence-electron chi connectivity index (χ4n) is 20.8. The largest absolute Gasteiger partial charge is 0.497 e. The smallest absolute Gasteiger partial charge is 0.329 e. The number of methoxy groups -OCH3 is 7. The minimum atomic E-state index is -2.93. The van der Waals surface area contributed by atoms with Crippen LogP contribution in [0.25, 0.3) is 0 Å². The van der Waals surface area contributed by atoms with E-state index in [1.807, 2.05) is 140 Å². The molecule has 8 aliphatic rings. The quantitative estimate of drug-likeness (QED) is 0.0809. The van der Waals surface area contributed by atoms with Crippen molar-refractivity contribution in [2.24, 2.45) is 76.9 Å². The molecule has 2 aliphatic carbocycles. The number of rotatable bonds is 13. The number of ether oxygens (including phenoxy) is 11. The number of nitrogens with zero attached hydrogens (tertiary/aromatic N) is 2. The number of hydrogen-bond donors (Lipinski definition) is 4. The molecule has 29 heteroatoms. The summed E-state index contributed by atoms with van der Waals surface area (Å²) in [5.41, 5.74) is 2.63. The first-order valence-corrected chi connectivity index (χ1v) is 50.8. The van der Waals surface area contributed by atoms with Gasteiger partial charge in [0.05, 0.1) is 56.9 Å². The van der Waals surface area contributed by atoms with Gasteiger partial charge in [-0.2, -0.15) is 0 Å². The Hall–Kier alpha value is -7.94. The van der Waals surface area contributed by atoms with E-state index in [4.69, 9.17) is 52.1 Å². The fraction of sp³-hybridized carbons (Fsp3) is 0.709. The number of aliphatic hydroxyl groups excluding tert-OH is 4. The number of benzene rings is 1. The van der Waals surface area contributed by atoms with Gasteiger partial charge in [-0.25, -0.2) is 18.4 Å². The second kappa shape index (κ2) is 56.9. The van der Waals surface area contributed by atoms with Crippen molar-refractivity contribution in [3.05, 3.63) is 119 Å². The molecule has 4 saturated heterocycles. The highest BCUT2D eigenvalue weighted by Crippen LogP contribution is 2.44. The van der Waals surface area contributed by atoms with E-state index in [1.165, 1.54) is 14.2 Å². The van der Waals surface area contributed by atoms with Gasteiger partial charge in [0.25, 0.3) is 35.1 Å². The molecule has 0 radical (unpaired) electrons. The molecule has 780 valence electrons. The van der Waals surface area contributed by atoms with Crippen molar-refractivity contribution >= 4 is 58.5 Å². The van der Waals surface area contributed by atoms with E-state index in [0.717, 1.165) is 38.9 Å². The van der Waals surface area contributed by atoms with Gasteiger partial charge in [-0.05, 0) is 233 Å². The van der Waals surface area contributed by atoms with Gasteiger partial charge in [0, 0.05) is 109 Å². The minimum Gasteiger partial charge on any atom is -0.497 e. The van der Waals surface area contributed by atoms with E-state index < -0.39 is 162 Å². The maximum Gasteiger partial charge on any atom is 0.329 e. The van der Waals surface area contributed by atoms with E-state index in [1.54, 1.807) is 96.2 Å². The third-order valence-electron chi connectivity index (χ3n) is 30.2. The predicted octanol–water partition coefficient (Wildman–Crippen LogP) is 16.6. The summed E-state index contributed by atoms with van der Waals surface area (Å²) in [6, 6.07) is 5.11. The second-order valence-corrected chi connectivity index (χ2v) is 41.1. The van der Waals surface area contributed by atoms with Gasteiger partial charge in [0.15, 0.2) is 11.6 Å². The second-order valence-electron chi connectivity index (χ2n) is 41.1. The number of esters is 2. The summed E-state index contributed by atoms with van der Waals surface area (Å²) in [6.07, 6.45) is 22.0. The molecule has 1 aromatic carbocycles. The molecule has 4 N–H and O–H groups in total. The average Bonchev–Trinajstić information content (AvgIpc) is 0.776. The third-order valence-corrected chi connectivity index (χ3v) is 30.2. The van der Waals surface area contributed by atoms with Crippen LogP contribution in [0.2, 0.25) is 0 Å². The number of allylic oxidation sites excluding steroid dienone is 13. The summed E-state index contributed by atoms with van der Waals surface area (Å²) in [6.45, 7) is 27.1. The van der Waals surface area contributed by atoms with Crippen molar-refractivity contribution in [1.82, 2.24) is 9.80 Å². The van der Waals surface area contributed by atoms with Gasteiger partial charge in [-0.3, -0.25) is 38.4 Å². The lowest BCUT2D eigenvalue weighted by molar-refractivity contribution is -0.231. The lowest BCUT2D eigenvalue weighted by atomic mass is 9.78. The van der Waals surface area contributed by atoms with Crippen LogP contribution in [0, 0.1) is 76.9 Å². The van der Waals surface area contributed by atoms with E-state index in [-0.39, 0.29) is 128 Å². The number of halogens is 2. The zero-order valence-corrected chi connectivity index (χ0v) is 86.8. The molecular weight excluding hydrogens is 1790 g/mol. The number of amides is 2. The molecular formula is C110H166F2N2O25. The Kier molecular flexibility index (Phi) is 48.3. The van der Waals surface area contributed by atoms with Crippen LogP contribution in [0.3, 0.4) is 0 Å². The molecule has 30 atom stereocenters. The SMILES string of the molecule is CO[C@@H]1C[C@H](C[C@@H](C)[C@@H]2CC(=O)[C@H](C)/C=C(\C)[C@@H](O)[C@@H](OC)C(=O)[C@H](C)C[C@H](C)/C=C/C=C/C=C(\C)[C@@H](C)C[C@@H]3CC[C@@H](C)[C@@](F)(O3)C(=O)C(=O)N3CCCC[C@H]3C(=O)O2)CC[C@H]1O.CO[C@H]1C[C@@H]2CC[C@@H](C)[C@@](F)(O2)C(=O)C(=O)N2CCCC[C@H]2C(=O)OC([C@H](C)C[C@@H]2CC[C@@H](O)[C@H](OC)C2)CC(=O)[C@H](C)/C=C(\C)[C@@H](O)[C@@H](OC)C(=O)[C@H](C)C[C@H](C)/C=C/C=CC=C1C.COc1cccc(OC)c1. The minimum absolute atomic E-state index is 0.00748. The van der Waals surface area contributed by atoms with Crippen LogP contribution in [-0.2, 0) is 90.6 Å². The summed E-state index contributed by atoms with van der Waals surface area (Å²) in [5, 5.41) is 43.8. The highest BCUT2D eigenvalue weighted by molar-refractivity contribution is 6.39. The molecule has 4 bridgehead atoms. The van der Waals surface area contributed by atoms with E-state index in [9.17, 15) is 68.4 Å². The number of fused-ring (bicyclic) bond motifs is 6. The number of carbonyl (C=O) groups excluding carboxylic acids is 10. The van der Waals surface area contributed by atoms with Gasteiger partial charge in [0.1, 0.15) is 71.8 Å². The number of aliphatic hydroxyl groups is 4. The van der Waals surface area contributed by atoms with E-state index in [0.29, 0.717) is 120 Å². The first-order chi connectivity index (χ1) is 65.8. The molecule has 6 fully saturated rings. The van der Waals surface area contributed by atoms with Gasteiger partial charge in [-0.1, -0.05) is 161 Å². The number of ketones is 6. The highest BCUT2D eigenvalue weighted by Gasteiger charge is 2.57. The van der Waals surface area contributed by atoms with Crippen LogP contribution in [0.1, 0.15) is 258 Å². The van der Waals surface area contributed by atoms with E-state index in [2.05, 4.69) is 0 Å². The van der Waals surface area contributed by atoms with Crippen LogP contribution >= 0.6 is 0 Å². The van der Waals surface area contributed by atoms with Crippen molar-refractivity contribution < 1.29 is 129 Å². The molecule has 0 spiro atoms. The monoisotopic (exact) mass is 1950 g/mol. The number of hydrogen-bond acceptors (Lipinski definition) is 25. The zero-order valence-electron chi connectivity index (χ0n) is 86.8. The van der Waals surface area contributed by atoms with Crippen LogP contribution in [0.15, 0.2) is 119 Å². The summed E-state index contributed by atoms with van der Waals surface area (Å²) in [5.74, 6) is -16.4. The normalized spacial score (nSPS) is 37.8. The predicted molar refractivity (Wildman–Crippen MR) is 526 cm³/mol. The number of alkyl halides is 2. The van der Waals surface area contributed by atoms with Crippen LogP contribution in [-0.4, -0.2) is 255 Å².